The molecule has 3 heteroatoms. The summed E-state index contributed by atoms with van der Waals surface area (Å²) in [6.45, 7) is 3.74. The van der Waals surface area contributed by atoms with Crippen LogP contribution in [0.3, 0.4) is 0 Å². The van der Waals surface area contributed by atoms with Gasteiger partial charge in [-0.05, 0) is 19.8 Å². The molecule has 1 atom stereocenters. The van der Waals surface area contributed by atoms with Crippen molar-refractivity contribution in [3.63, 3.8) is 0 Å². The highest BCUT2D eigenvalue weighted by Crippen LogP contribution is 2.06. The molecule has 0 bridgehead atoms. The summed E-state index contributed by atoms with van der Waals surface area (Å²) in [5.74, 6) is -0.414. The molecule has 0 aromatic heterocycles. The zero-order chi connectivity index (χ0) is 10.3. The number of hydrogen-bond donors (Lipinski definition) is 2. The van der Waals surface area contributed by atoms with Gasteiger partial charge in [-0.3, -0.25) is 4.79 Å². The van der Waals surface area contributed by atoms with Gasteiger partial charge in [0, 0.05) is 5.57 Å². The monoisotopic (exact) mass is 185 g/mol. The fourth-order valence-corrected chi connectivity index (χ4v) is 0.971. The largest absolute Gasteiger partial charge is 0.393 e. The van der Waals surface area contributed by atoms with Crippen molar-refractivity contribution < 1.29 is 9.90 Å². The third-order valence-corrected chi connectivity index (χ3v) is 1.98. The van der Waals surface area contributed by atoms with Crippen molar-refractivity contribution in [3.05, 3.63) is 11.6 Å². The van der Waals surface area contributed by atoms with Crippen LogP contribution in [0.5, 0.6) is 0 Å². The van der Waals surface area contributed by atoms with Gasteiger partial charge in [0.15, 0.2) is 0 Å². The zero-order valence-electron chi connectivity index (χ0n) is 8.42. The van der Waals surface area contributed by atoms with E-state index in [2.05, 4.69) is 6.92 Å². The molecule has 0 aliphatic carbocycles. The van der Waals surface area contributed by atoms with Gasteiger partial charge in [-0.15, -0.1) is 0 Å². The van der Waals surface area contributed by atoms with Crippen molar-refractivity contribution in [2.45, 2.75) is 45.6 Å². The van der Waals surface area contributed by atoms with Crippen molar-refractivity contribution in [1.82, 2.24) is 0 Å². The Kier molecular flexibility index (Phi) is 6.24. The number of unbranched alkanes of at least 4 members (excludes halogenated alkanes) is 1. The van der Waals surface area contributed by atoms with Crippen LogP contribution in [0.4, 0.5) is 0 Å². The molecular weight excluding hydrogens is 166 g/mol. The van der Waals surface area contributed by atoms with Crippen LogP contribution in [0.1, 0.15) is 39.5 Å². The molecule has 0 aliphatic rings. The van der Waals surface area contributed by atoms with Crippen LogP contribution < -0.4 is 5.73 Å². The molecule has 13 heavy (non-hydrogen) atoms. The molecule has 0 rings (SSSR count). The van der Waals surface area contributed by atoms with E-state index in [1.165, 1.54) is 0 Å². The molecule has 1 unspecified atom stereocenters. The van der Waals surface area contributed by atoms with E-state index in [0.29, 0.717) is 12.0 Å². The lowest BCUT2D eigenvalue weighted by molar-refractivity contribution is -0.114. The van der Waals surface area contributed by atoms with Gasteiger partial charge >= 0.3 is 0 Å². The van der Waals surface area contributed by atoms with Gasteiger partial charge in [0.05, 0.1) is 6.10 Å². The summed E-state index contributed by atoms with van der Waals surface area (Å²) < 4.78 is 0. The Hall–Kier alpha value is -0.830. The second-order valence-corrected chi connectivity index (χ2v) is 3.28. The van der Waals surface area contributed by atoms with Gasteiger partial charge in [0.1, 0.15) is 0 Å². The van der Waals surface area contributed by atoms with Crippen LogP contribution in [0.2, 0.25) is 0 Å². The third kappa shape index (κ3) is 6.34. The Balaban J connectivity index is 3.73. The van der Waals surface area contributed by atoms with Gasteiger partial charge in [-0.25, -0.2) is 0 Å². The lowest BCUT2D eigenvalue weighted by Gasteiger charge is -2.06. The van der Waals surface area contributed by atoms with E-state index in [4.69, 9.17) is 5.73 Å². The molecule has 3 N–H and O–H groups in total. The van der Waals surface area contributed by atoms with E-state index in [0.717, 1.165) is 19.3 Å². The maximum atomic E-state index is 10.6. The Labute approximate surface area is 79.6 Å². The third-order valence-electron chi connectivity index (χ3n) is 1.98. The number of carbonyl (C=O) groups is 1. The van der Waals surface area contributed by atoms with Crippen LogP contribution >= 0.6 is 0 Å². The molecule has 0 aliphatic heterocycles. The standard InChI is InChI=1S/C10H19NO2/c1-3-4-5-9(12)7-6-8(2)10(11)13/h6,9,12H,3-5,7H2,1-2H3,(H2,11,13). The number of rotatable bonds is 6. The van der Waals surface area contributed by atoms with Crippen LogP contribution in [0, 0.1) is 0 Å². The normalized spacial score (nSPS) is 14.2. The van der Waals surface area contributed by atoms with Gasteiger partial charge in [-0.2, -0.15) is 0 Å². The minimum absolute atomic E-state index is 0.339. The second kappa shape index (κ2) is 6.66. The topological polar surface area (TPSA) is 63.3 Å². The van der Waals surface area contributed by atoms with Gasteiger partial charge in [0.25, 0.3) is 0 Å². The maximum Gasteiger partial charge on any atom is 0.244 e. The predicted octanol–water partition coefficient (Wildman–Crippen LogP) is 1.36. The van der Waals surface area contributed by atoms with Crippen molar-refractivity contribution in [2.24, 2.45) is 5.73 Å². The number of carbonyl (C=O) groups excluding carboxylic acids is 1. The molecule has 3 nitrogen and oxygen atoms in total. The molecule has 0 aromatic carbocycles. The molecule has 0 saturated heterocycles. The molecule has 0 heterocycles. The van der Waals surface area contributed by atoms with Crippen molar-refractivity contribution >= 4 is 5.91 Å². The summed E-state index contributed by atoms with van der Waals surface area (Å²) in [7, 11) is 0. The molecule has 0 aromatic rings. The van der Waals surface area contributed by atoms with Gasteiger partial charge in [-0.1, -0.05) is 25.8 Å². The van der Waals surface area contributed by atoms with Crippen LogP contribution in [-0.4, -0.2) is 17.1 Å². The van der Waals surface area contributed by atoms with Crippen LogP contribution in [-0.2, 0) is 4.79 Å². The summed E-state index contributed by atoms with van der Waals surface area (Å²) in [5, 5.41) is 9.41. The first kappa shape index (κ1) is 12.2. The first-order chi connectivity index (χ1) is 6.07. The summed E-state index contributed by atoms with van der Waals surface area (Å²) in [6, 6.07) is 0. The molecule has 0 saturated carbocycles. The van der Waals surface area contributed by atoms with Crippen LogP contribution in [0.25, 0.3) is 0 Å². The highest BCUT2D eigenvalue weighted by Gasteiger charge is 2.02. The number of aliphatic hydroxyl groups excluding tert-OH is 1. The number of primary amides is 1. The molecular formula is C10H19NO2. The molecule has 0 spiro atoms. The zero-order valence-corrected chi connectivity index (χ0v) is 8.42. The Morgan fingerprint density at radius 1 is 1.62 bits per heavy atom. The Morgan fingerprint density at radius 3 is 2.69 bits per heavy atom. The fourth-order valence-electron chi connectivity index (χ4n) is 0.971. The minimum Gasteiger partial charge on any atom is -0.393 e. The quantitative estimate of drug-likeness (QED) is 0.614. The van der Waals surface area contributed by atoms with E-state index >= 15 is 0 Å². The lowest BCUT2D eigenvalue weighted by Crippen LogP contribution is -2.12. The number of aliphatic hydroxyl groups is 1. The number of amides is 1. The molecule has 0 radical (unpaired) electrons. The fraction of sp³-hybridized carbons (Fsp3) is 0.700. The number of hydrogen-bond acceptors (Lipinski definition) is 2. The van der Waals surface area contributed by atoms with E-state index in [9.17, 15) is 9.90 Å². The SMILES string of the molecule is CCCCC(O)CC=C(C)C(N)=O. The van der Waals surface area contributed by atoms with Crippen molar-refractivity contribution in [1.29, 1.82) is 0 Å². The Bertz CT molecular complexity index is 187. The summed E-state index contributed by atoms with van der Waals surface area (Å²) in [4.78, 5) is 10.6. The Morgan fingerprint density at radius 2 is 2.23 bits per heavy atom. The summed E-state index contributed by atoms with van der Waals surface area (Å²) >= 11 is 0. The molecule has 0 fully saturated rings. The first-order valence-corrected chi connectivity index (χ1v) is 4.72. The van der Waals surface area contributed by atoms with Gasteiger partial charge < -0.3 is 10.8 Å². The first-order valence-electron chi connectivity index (χ1n) is 4.72. The smallest absolute Gasteiger partial charge is 0.244 e. The second-order valence-electron chi connectivity index (χ2n) is 3.28. The van der Waals surface area contributed by atoms with E-state index in [1.54, 1.807) is 13.0 Å². The van der Waals surface area contributed by atoms with Crippen LogP contribution in [0.15, 0.2) is 11.6 Å². The summed E-state index contributed by atoms with van der Waals surface area (Å²) in [6.07, 6.45) is 4.77. The average molecular weight is 185 g/mol. The molecule has 1 amide bonds. The highest BCUT2D eigenvalue weighted by molar-refractivity contribution is 5.91. The van der Waals surface area contributed by atoms with E-state index in [-0.39, 0.29) is 6.10 Å². The maximum absolute atomic E-state index is 10.6. The van der Waals surface area contributed by atoms with Gasteiger partial charge in [0.2, 0.25) is 5.91 Å². The highest BCUT2D eigenvalue weighted by atomic mass is 16.3. The average Bonchev–Trinajstić information content (AvgIpc) is 2.10. The minimum atomic E-state index is -0.414. The van der Waals surface area contributed by atoms with Crippen molar-refractivity contribution in [2.75, 3.05) is 0 Å². The molecule has 76 valence electrons. The predicted molar refractivity (Wildman–Crippen MR) is 53.1 cm³/mol. The summed E-state index contributed by atoms with van der Waals surface area (Å²) in [5.41, 5.74) is 5.56. The van der Waals surface area contributed by atoms with Crippen molar-refractivity contribution in [3.8, 4) is 0 Å². The van der Waals surface area contributed by atoms with E-state index in [1.807, 2.05) is 0 Å². The van der Waals surface area contributed by atoms with E-state index < -0.39 is 5.91 Å². The lowest BCUT2D eigenvalue weighted by atomic mass is 10.1. The number of nitrogens with two attached hydrogens (primary N) is 1.